The van der Waals surface area contributed by atoms with Crippen LogP contribution in [0.5, 0.6) is 23.0 Å². The molecular weight excluding hydrogens is 569 g/mol. The van der Waals surface area contributed by atoms with E-state index in [1.165, 1.54) is 22.3 Å². The van der Waals surface area contributed by atoms with Gasteiger partial charge in [-0.2, -0.15) is 0 Å². The predicted octanol–water partition coefficient (Wildman–Crippen LogP) is 4.90. The summed E-state index contributed by atoms with van der Waals surface area (Å²) < 4.78 is 30.7. The summed E-state index contributed by atoms with van der Waals surface area (Å²) in [5.74, 6) is 3.38. The fourth-order valence-corrected chi connectivity index (χ4v) is 10.9. The number of benzene rings is 4. The minimum atomic E-state index is -1.79. The van der Waals surface area contributed by atoms with E-state index < -0.39 is 18.1 Å². The van der Waals surface area contributed by atoms with Gasteiger partial charge in [-0.3, -0.25) is 0 Å². The summed E-state index contributed by atoms with van der Waals surface area (Å²) in [5.41, 5.74) is 4.88. The molecule has 0 atom stereocenters. The second kappa shape index (κ2) is 15.3. The van der Waals surface area contributed by atoms with Crippen LogP contribution in [0, 0.1) is 0 Å². The lowest BCUT2D eigenvalue weighted by Gasteiger charge is -2.26. The Balaban J connectivity index is 2.00. The molecule has 4 aromatic carbocycles. The lowest BCUT2D eigenvalue weighted by Crippen LogP contribution is -2.56. The monoisotopic (exact) mass is 612 g/mol. The maximum atomic E-state index is 7.57. The van der Waals surface area contributed by atoms with E-state index in [9.17, 15) is 0 Å². The third kappa shape index (κ3) is 7.90. The number of ether oxygens (including phenoxy) is 4. The summed E-state index contributed by atoms with van der Waals surface area (Å²) >= 11 is 0. The van der Waals surface area contributed by atoms with Crippen molar-refractivity contribution in [2.24, 2.45) is 0 Å². The van der Waals surface area contributed by atoms with Crippen LogP contribution >= 0.6 is 0 Å². The number of hydrogen-bond donors (Lipinski definition) is 0. The van der Waals surface area contributed by atoms with Gasteiger partial charge in [-0.15, -0.1) is 0 Å². The molecule has 0 saturated carbocycles. The van der Waals surface area contributed by atoms with Crippen molar-refractivity contribution in [1.82, 2.24) is 0 Å². The first-order chi connectivity index (χ1) is 20.9. The van der Waals surface area contributed by atoms with Crippen molar-refractivity contribution in [3.8, 4) is 23.0 Å². The van der Waals surface area contributed by atoms with Gasteiger partial charge in [-0.1, -0.05) is 52.0 Å². The Morgan fingerprint density at radius 2 is 0.605 bits per heavy atom. The highest BCUT2D eigenvalue weighted by Crippen LogP contribution is 2.19. The molecule has 0 aliphatic heterocycles. The van der Waals surface area contributed by atoms with Gasteiger partial charge in [0.1, 0.15) is 23.0 Å². The van der Waals surface area contributed by atoms with E-state index in [4.69, 9.17) is 23.1 Å². The van der Waals surface area contributed by atoms with E-state index in [1.807, 2.05) is 0 Å². The summed E-state index contributed by atoms with van der Waals surface area (Å²) in [5, 5.41) is 4.60. The minimum Gasteiger partial charge on any atom is -0.497 e. The van der Waals surface area contributed by atoms with Crippen LogP contribution in [0.3, 0.4) is 0 Å². The molecule has 0 N–H and O–H groups in total. The quantitative estimate of drug-likeness (QED) is 0.190. The van der Waals surface area contributed by atoms with Crippen LogP contribution in [0.25, 0.3) is 0 Å². The van der Waals surface area contributed by atoms with Crippen LogP contribution in [-0.4, -0.2) is 46.5 Å². The molecule has 0 saturated heterocycles. The highest BCUT2D eigenvalue weighted by molar-refractivity contribution is 6.92. The highest BCUT2D eigenvalue weighted by Gasteiger charge is 2.31. The molecule has 0 unspecified atom stereocenters. The second-order valence-corrected chi connectivity index (χ2v) is 14.9. The first-order valence-electron chi connectivity index (χ1n) is 15.0. The Morgan fingerprint density at radius 3 is 0.791 bits per heavy atom. The van der Waals surface area contributed by atoms with E-state index >= 15 is 0 Å². The molecule has 0 amide bonds. The first kappa shape index (κ1) is 32.4. The Hall–Kier alpha value is -3.53. The van der Waals surface area contributed by atoms with Crippen molar-refractivity contribution in [3.63, 3.8) is 0 Å². The Kier molecular flexibility index (Phi) is 11.5. The zero-order valence-electron chi connectivity index (χ0n) is 26.8. The molecule has 0 bridgehead atoms. The van der Waals surface area contributed by atoms with Gasteiger partial charge in [0.05, 0.1) is 28.4 Å². The van der Waals surface area contributed by atoms with E-state index in [0.29, 0.717) is 0 Å². The largest absolute Gasteiger partial charge is 0.497 e. The highest BCUT2D eigenvalue weighted by atomic mass is 28.4. The minimum absolute atomic E-state index is 0.845. The molecule has 0 aliphatic carbocycles. The SMILES string of the molecule is CCc1cc(OC)cc([Si](O[Si](c2cc(CC)cc(OC)c2)c2cc(CC)cc(OC)c2)c2cc(CC)cc(OC)c2)c1. The van der Waals surface area contributed by atoms with Crippen LogP contribution in [0.2, 0.25) is 0 Å². The molecule has 0 aliphatic rings. The lowest BCUT2D eigenvalue weighted by molar-refractivity contribution is 0.414. The lowest BCUT2D eigenvalue weighted by atomic mass is 10.1. The molecule has 4 rings (SSSR count). The topological polar surface area (TPSA) is 46.2 Å². The van der Waals surface area contributed by atoms with E-state index in [-0.39, 0.29) is 0 Å². The van der Waals surface area contributed by atoms with Crippen molar-refractivity contribution >= 4 is 38.8 Å². The summed E-state index contributed by atoms with van der Waals surface area (Å²) in [4.78, 5) is 0. The van der Waals surface area contributed by atoms with Crippen LogP contribution < -0.4 is 39.7 Å². The maximum Gasteiger partial charge on any atom is 0.272 e. The van der Waals surface area contributed by atoms with Crippen LogP contribution in [-0.2, 0) is 29.8 Å². The van der Waals surface area contributed by atoms with Gasteiger partial charge < -0.3 is 23.1 Å². The van der Waals surface area contributed by atoms with Crippen molar-refractivity contribution in [3.05, 3.63) is 95.1 Å². The zero-order valence-corrected chi connectivity index (χ0v) is 28.8. The van der Waals surface area contributed by atoms with Gasteiger partial charge in [-0.05, 0) is 117 Å². The van der Waals surface area contributed by atoms with Gasteiger partial charge in [0.25, 0.3) is 18.1 Å². The van der Waals surface area contributed by atoms with E-state index in [2.05, 4.69) is 100 Å². The fourth-order valence-electron chi connectivity index (χ4n) is 5.13. The normalized spacial score (nSPS) is 11.2. The van der Waals surface area contributed by atoms with Gasteiger partial charge >= 0.3 is 0 Å². The summed E-state index contributed by atoms with van der Waals surface area (Å²) in [6.07, 6.45) is 3.61. The van der Waals surface area contributed by atoms with Crippen molar-refractivity contribution < 1.29 is 23.1 Å². The van der Waals surface area contributed by atoms with Crippen LogP contribution in [0.4, 0.5) is 0 Å². The molecule has 5 nitrogen and oxygen atoms in total. The number of methoxy groups -OCH3 is 4. The summed E-state index contributed by atoms with van der Waals surface area (Å²) in [7, 11) is 3.33. The number of aryl methyl sites for hydroxylation is 4. The van der Waals surface area contributed by atoms with Gasteiger partial charge in [0.15, 0.2) is 0 Å². The fraction of sp³-hybridized carbons (Fsp3) is 0.333. The Labute approximate surface area is 261 Å². The van der Waals surface area contributed by atoms with Crippen molar-refractivity contribution in [1.29, 1.82) is 0 Å². The molecule has 0 fully saturated rings. The molecule has 0 spiro atoms. The zero-order chi connectivity index (χ0) is 30.9. The molecule has 7 heteroatoms. The molecule has 43 heavy (non-hydrogen) atoms. The molecule has 0 heterocycles. The number of rotatable bonds is 14. The first-order valence-corrected chi connectivity index (χ1v) is 17.8. The molecular formula is C36H44O5Si2. The molecule has 2 radical (unpaired) electrons. The number of hydrogen-bond acceptors (Lipinski definition) is 5. The molecule has 4 aromatic rings. The van der Waals surface area contributed by atoms with E-state index in [0.717, 1.165) is 69.4 Å². The third-order valence-corrected chi connectivity index (χ3v) is 12.6. The molecule has 226 valence electrons. The van der Waals surface area contributed by atoms with Crippen LogP contribution in [0.1, 0.15) is 49.9 Å². The van der Waals surface area contributed by atoms with Gasteiger partial charge in [0, 0.05) is 0 Å². The standard InChI is InChI=1S/C36H44O5Si2/c1-9-25-13-29(37-5)21-33(17-25)42(34-18-26(10-2)14-30(22-34)38-6)41-43(35-19-27(11-3)15-31(23-35)39-7)36-20-28(12-4)16-32(24-36)40-8/h13-24H,9-12H2,1-8H3. The van der Waals surface area contributed by atoms with Gasteiger partial charge in [-0.25, -0.2) is 0 Å². The van der Waals surface area contributed by atoms with Crippen molar-refractivity contribution in [2.45, 2.75) is 53.4 Å². The molecule has 0 aromatic heterocycles. The predicted molar refractivity (Wildman–Crippen MR) is 181 cm³/mol. The second-order valence-electron chi connectivity index (χ2n) is 10.5. The Morgan fingerprint density at radius 1 is 0.372 bits per heavy atom. The van der Waals surface area contributed by atoms with Crippen molar-refractivity contribution in [2.75, 3.05) is 28.4 Å². The maximum absolute atomic E-state index is 7.57. The van der Waals surface area contributed by atoms with Crippen LogP contribution in [0.15, 0.2) is 72.8 Å². The smallest absolute Gasteiger partial charge is 0.272 e. The average Bonchev–Trinajstić information content (AvgIpc) is 3.07. The Bertz CT molecular complexity index is 1210. The third-order valence-electron chi connectivity index (χ3n) is 7.69. The summed E-state index contributed by atoms with van der Waals surface area (Å²) in [6.45, 7) is 8.69. The van der Waals surface area contributed by atoms with Gasteiger partial charge in [0.2, 0.25) is 0 Å². The van der Waals surface area contributed by atoms with E-state index in [1.54, 1.807) is 28.4 Å². The average molecular weight is 613 g/mol. The summed E-state index contributed by atoms with van der Waals surface area (Å²) in [6, 6.07) is 26.2.